The molecule has 1 aromatic heterocycles. The molecule has 1 aromatic rings. The Morgan fingerprint density at radius 2 is 1.92 bits per heavy atom. The lowest BCUT2D eigenvalue weighted by Gasteiger charge is -2.02. The molecule has 0 radical (unpaired) electrons. The highest BCUT2D eigenvalue weighted by atomic mass is 32.2. The Balaban J connectivity index is 3.03. The first-order valence-electron chi connectivity index (χ1n) is 3.33. The van der Waals surface area contributed by atoms with Crippen molar-refractivity contribution in [1.29, 1.82) is 0 Å². The lowest BCUT2D eigenvalue weighted by Crippen LogP contribution is -2.14. The van der Waals surface area contributed by atoms with Crippen molar-refractivity contribution in [2.24, 2.45) is 0 Å². The summed E-state index contributed by atoms with van der Waals surface area (Å²) in [5.74, 6) is 0.282. The predicted octanol–water partition coefficient (Wildman–Crippen LogP) is -0.866. The largest absolute Gasteiger partial charge is 0.368 e. The normalized spacial score (nSPS) is 11.2. The van der Waals surface area contributed by atoms with Crippen LogP contribution in [0.4, 0.5) is 11.9 Å². The standard InChI is InChI=1S/C5H9N5O2S/c1-3-7-4(6)9-5(8-3)10-13(2,11)12/h1-2H3,(H3,6,7,8,9,10). The van der Waals surface area contributed by atoms with Gasteiger partial charge in [-0.25, -0.2) is 8.42 Å². The number of aromatic nitrogens is 3. The van der Waals surface area contributed by atoms with Crippen LogP contribution in [-0.4, -0.2) is 29.6 Å². The maximum atomic E-state index is 10.8. The number of nitrogens with one attached hydrogen (secondary N) is 1. The highest BCUT2D eigenvalue weighted by Gasteiger charge is 2.05. The Kier molecular flexibility index (Phi) is 2.32. The molecule has 0 aliphatic carbocycles. The number of hydrogen-bond acceptors (Lipinski definition) is 6. The van der Waals surface area contributed by atoms with Gasteiger partial charge in [0.25, 0.3) is 0 Å². The first kappa shape index (κ1) is 9.65. The van der Waals surface area contributed by atoms with E-state index in [9.17, 15) is 8.42 Å². The molecule has 7 nitrogen and oxygen atoms in total. The van der Waals surface area contributed by atoms with Gasteiger partial charge in [-0.3, -0.25) is 4.72 Å². The molecular weight excluding hydrogens is 194 g/mol. The molecule has 0 bridgehead atoms. The lowest BCUT2D eigenvalue weighted by molar-refractivity contribution is 0.606. The first-order valence-corrected chi connectivity index (χ1v) is 5.22. The third-order valence-electron chi connectivity index (χ3n) is 1.04. The van der Waals surface area contributed by atoms with Crippen molar-refractivity contribution in [2.75, 3.05) is 16.7 Å². The molecule has 0 aliphatic heterocycles. The van der Waals surface area contributed by atoms with Crippen molar-refractivity contribution in [2.45, 2.75) is 6.92 Å². The second kappa shape index (κ2) is 3.13. The zero-order valence-electron chi connectivity index (χ0n) is 7.14. The fourth-order valence-electron chi connectivity index (χ4n) is 0.714. The molecular formula is C5H9N5O2S. The average Bonchev–Trinajstić information content (AvgIpc) is 1.78. The zero-order chi connectivity index (χ0) is 10.1. The van der Waals surface area contributed by atoms with Crippen molar-refractivity contribution in [3.63, 3.8) is 0 Å². The Bertz CT molecular complexity index is 395. The third kappa shape index (κ3) is 3.20. The molecule has 0 unspecified atom stereocenters. The number of rotatable bonds is 2. The van der Waals surface area contributed by atoms with Crippen LogP contribution in [0.3, 0.4) is 0 Å². The molecule has 8 heteroatoms. The molecule has 1 heterocycles. The van der Waals surface area contributed by atoms with E-state index in [1.807, 2.05) is 0 Å². The second-order valence-corrected chi connectivity index (χ2v) is 4.19. The van der Waals surface area contributed by atoms with Crippen molar-refractivity contribution >= 4 is 21.9 Å². The van der Waals surface area contributed by atoms with Crippen molar-refractivity contribution < 1.29 is 8.42 Å². The van der Waals surface area contributed by atoms with E-state index >= 15 is 0 Å². The molecule has 0 saturated carbocycles. The van der Waals surface area contributed by atoms with E-state index in [-0.39, 0.29) is 11.9 Å². The molecule has 0 amide bonds. The molecule has 1 rings (SSSR count). The average molecular weight is 203 g/mol. The minimum atomic E-state index is -3.37. The monoisotopic (exact) mass is 203 g/mol. The fraction of sp³-hybridized carbons (Fsp3) is 0.400. The highest BCUT2D eigenvalue weighted by Crippen LogP contribution is 2.02. The Labute approximate surface area is 75.5 Å². The number of nitrogens with zero attached hydrogens (tertiary/aromatic N) is 3. The van der Waals surface area contributed by atoms with Crippen molar-refractivity contribution in [3.8, 4) is 0 Å². The van der Waals surface area contributed by atoms with E-state index in [2.05, 4.69) is 19.7 Å². The Morgan fingerprint density at radius 1 is 1.31 bits per heavy atom. The van der Waals surface area contributed by atoms with Crippen LogP contribution in [0, 0.1) is 6.92 Å². The van der Waals surface area contributed by atoms with E-state index < -0.39 is 10.0 Å². The quantitative estimate of drug-likeness (QED) is 0.646. The van der Waals surface area contributed by atoms with Gasteiger partial charge >= 0.3 is 0 Å². The summed E-state index contributed by atoms with van der Waals surface area (Å²) in [7, 11) is -3.37. The summed E-state index contributed by atoms with van der Waals surface area (Å²) in [4.78, 5) is 11.0. The highest BCUT2D eigenvalue weighted by molar-refractivity contribution is 7.91. The molecule has 0 atom stereocenters. The maximum absolute atomic E-state index is 10.8. The van der Waals surface area contributed by atoms with E-state index in [1.165, 1.54) is 0 Å². The minimum Gasteiger partial charge on any atom is -0.368 e. The van der Waals surface area contributed by atoms with Crippen molar-refractivity contribution in [1.82, 2.24) is 15.0 Å². The molecule has 0 fully saturated rings. The number of hydrogen-bond donors (Lipinski definition) is 2. The molecule has 3 N–H and O–H groups in total. The van der Waals surface area contributed by atoms with E-state index in [1.54, 1.807) is 6.92 Å². The maximum Gasteiger partial charge on any atom is 0.241 e. The van der Waals surface area contributed by atoms with Gasteiger partial charge in [0.2, 0.25) is 21.9 Å². The predicted molar refractivity (Wildman–Crippen MR) is 47.4 cm³/mol. The number of nitrogens with two attached hydrogens (primary N) is 1. The summed E-state index contributed by atoms with van der Waals surface area (Å²) in [6.45, 7) is 1.59. The van der Waals surface area contributed by atoms with Gasteiger partial charge in [0, 0.05) is 0 Å². The number of anilines is 2. The smallest absolute Gasteiger partial charge is 0.241 e. The van der Waals surface area contributed by atoms with E-state index in [4.69, 9.17) is 5.73 Å². The van der Waals surface area contributed by atoms with Gasteiger partial charge in [0.05, 0.1) is 6.26 Å². The topological polar surface area (TPSA) is 111 Å². The van der Waals surface area contributed by atoms with Gasteiger partial charge < -0.3 is 5.73 Å². The van der Waals surface area contributed by atoms with Crippen molar-refractivity contribution in [3.05, 3.63) is 5.82 Å². The number of sulfonamides is 1. The second-order valence-electron chi connectivity index (χ2n) is 2.44. The summed E-state index contributed by atoms with van der Waals surface area (Å²) < 4.78 is 23.6. The van der Waals surface area contributed by atoms with Gasteiger partial charge in [-0.2, -0.15) is 15.0 Å². The van der Waals surface area contributed by atoms with Crippen LogP contribution in [0.2, 0.25) is 0 Å². The fourth-order valence-corrected chi connectivity index (χ4v) is 1.14. The molecule has 72 valence electrons. The van der Waals surface area contributed by atoms with Gasteiger partial charge in [-0.15, -0.1) is 0 Å². The molecule has 13 heavy (non-hydrogen) atoms. The van der Waals surface area contributed by atoms with Gasteiger partial charge in [-0.05, 0) is 6.92 Å². The van der Waals surface area contributed by atoms with Crippen LogP contribution in [0.1, 0.15) is 5.82 Å². The molecule has 0 aromatic carbocycles. The summed E-state index contributed by atoms with van der Waals surface area (Å²) >= 11 is 0. The van der Waals surface area contributed by atoms with Gasteiger partial charge in [0.1, 0.15) is 5.82 Å². The number of nitrogen functional groups attached to an aromatic ring is 1. The van der Waals surface area contributed by atoms with Crippen LogP contribution >= 0.6 is 0 Å². The summed E-state index contributed by atoms with van der Waals surface area (Å²) in [6.07, 6.45) is 1.00. The minimum absolute atomic E-state index is 0.0151. The molecule has 0 saturated heterocycles. The van der Waals surface area contributed by atoms with E-state index in [0.29, 0.717) is 5.82 Å². The van der Waals surface area contributed by atoms with Crippen LogP contribution in [0.25, 0.3) is 0 Å². The molecule has 0 spiro atoms. The van der Waals surface area contributed by atoms with Crippen LogP contribution in [-0.2, 0) is 10.0 Å². The SMILES string of the molecule is Cc1nc(N)nc(NS(C)(=O)=O)n1. The van der Waals surface area contributed by atoms with Crippen LogP contribution in [0.5, 0.6) is 0 Å². The molecule has 0 aliphatic rings. The van der Waals surface area contributed by atoms with Gasteiger partial charge in [-0.1, -0.05) is 0 Å². The summed E-state index contributed by atoms with van der Waals surface area (Å²) in [5.41, 5.74) is 5.28. The van der Waals surface area contributed by atoms with Gasteiger partial charge in [0.15, 0.2) is 0 Å². The Morgan fingerprint density at radius 3 is 2.38 bits per heavy atom. The number of aryl methyl sites for hydroxylation is 1. The third-order valence-corrected chi connectivity index (χ3v) is 1.59. The summed E-state index contributed by atoms with van der Waals surface area (Å²) in [6, 6.07) is 0. The van der Waals surface area contributed by atoms with Crippen LogP contribution < -0.4 is 10.5 Å². The summed E-state index contributed by atoms with van der Waals surface area (Å²) in [5, 5.41) is 0. The van der Waals surface area contributed by atoms with E-state index in [0.717, 1.165) is 6.26 Å². The van der Waals surface area contributed by atoms with Crippen LogP contribution in [0.15, 0.2) is 0 Å². The lowest BCUT2D eigenvalue weighted by atomic mass is 10.7. The zero-order valence-corrected chi connectivity index (χ0v) is 7.96. The Hall–Kier alpha value is -1.44. The first-order chi connectivity index (χ1) is 5.87.